The van der Waals surface area contributed by atoms with Gasteiger partial charge in [-0.2, -0.15) is 0 Å². The molecule has 5 heteroatoms. The SMILES string of the molecule is CCN(CCO)c1ccc(NC(=O)[C@@H](C)N)cc1. The highest BCUT2D eigenvalue weighted by molar-refractivity contribution is 5.94. The quantitative estimate of drug-likeness (QED) is 0.698. The molecule has 0 aromatic heterocycles. The molecule has 0 fully saturated rings. The lowest BCUT2D eigenvalue weighted by Crippen LogP contribution is -2.32. The smallest absolute Gasteiger partial charge is 0.240 e. The van der Waals surface area contributed by atoms with Gasteiger partial charge in [0, 0.05) is 24.5 Å². The summed E-state index contributed by atoms with van der Waals surface area (Å²) >= 11 is 0. The Morgan fingerprint density at radius 2 is 2.06 bits per heavy atom. The minimum atomic E-state index is -0.522. The summed E-state index contributed by atoms with van der Waals surface area (Å²) in [5.41, 5.74) is 7.22. The highest BCUT2D eigenvalue weighted by atomic mass is 16.3. The van der Waals surface area contributed by atoms with Gasteiger partial charge in [0.25, 0.3) is 0 Å². The maximum absolute atomic E-state index is 11.4. The van der Waals surface area contributed by atoms with Crippen LogP contribution in [0.4, 0.5) is 11.4 Å². The van der Waals surface area contributed by atoms with Crippen LogP contribution in [-0.2, 0) is 4.79 Å². The van der Waals surface area contributed by atoms with Crippen LogP contribution in [0.25, 0.3) is 0 Å². The molecule has 4 N–H and O–H groups in total. The van der Waals surface area contributed by atoms with Crippen molar-refractivity contribution in [3.8, 4) is 0 Å². The molecule has 0 heterocycles. The van der Waals surface area contributed by atoms with Gasteiger partial charge in [-0.3, -0.25) is 4.79 Å². The van der Waals surface area contributed by atoms with Crippen LogP contribution >= 0.6 is 0 Å². The lowest BCUT2D eigenvalue weighted by molar-refractivity contribution is -0.117. The lowest BCUT2D eigenvalue weighted by Gasteiger charge is -2.22. The van der Waals surface area contributed by atoms with Gasteiger partial charge in [0.05, 0.1) is 12.6 Å². The number of nitrogens with one attached hydrogen (secondary N) is 1. The largest absolute Gasteiger partial charge is 0.395 e. The summed E-state index contributed by atoms with van der Waals surface area (Å²) < 4.78 is 0. The highest BCUT2D eigenvalue weighted by Gasteiger charge is 2.08. The predicted octanol–water partition coefficient (Wildman–Crippen LogP) is 0.791. The van der Waals surface area contributed by atoms with E-state index in [4.69, 9.17) is 10.8 Å². The Balaban J connectivity index is 2.70. The van der Waals surface area contributed by atoms with E-state index in [-0.39, 0.29) is 12.5 Å². The summed E-state index contributed by atoms with van der Waals surface area (Å²) in [5, 5.41) is 11.7. The first-order valence-electron chi connectivity index (χ1n) is 6.10. The van der Waals surface area contributed by atoms with Gasteiger partial charge < -0.3 is 21.1 Å². The van der Waals surface area contributed by atoms with E-state index in [0.717, 1.165) is 17.9 Å². The fourth-order valence-corrected chi connectivity index (χ4v) is 1.60. The fourth-order valence-electron chi connectivity index (χ4n) is 1.60. The molecule has 0 radical (unpaired) electrons. The first-order chi connectivity index (χ1) is 8.58. The van der Waals surface area contributed by atoms with Crippen LogP contribution in [-0.4, -0.2) is 36.8 Å². The van der Waals surface area contributed by atoms with E-state index >= 15 is 0 Å². The van der Waals surface area contributed by atoms with Gasteiger partial charge >= 0.3 is 0 Å². The highest BCUT2D eigenvalue weighted by Crippen LogP contribution is 2.17. The molecule has 1 aromatic rings. The zero-order valence-electron chi connectivity index (χ0n) is 10.9. The van der Waals surface area contributed by atoms with Gasteiger partial charge in [-0.25, -0.2) is 0 Å². The van der Waals surface area contributed by atoms with Crippen molar-refractivity contribution in [2.24, 2.45) is 5.73 Å². The molecule has 0 unspecified atom stereocenters. The van der Waals surface area contributed by atoms with Gasteiger partial charge in [-0.15, -0.1) is 0 Å². The number of likely N-dealkylation sites (N-methyl/N-ethyl adjacent to an activating group) is 1. The number of nitrogens with zero attached hydrogens (tertiary/aromatic N) is 1. The van der Waals surface area contributed by atoms with Gasteiger partial charge in [-0.1, -0.05) is 0 Å². The third-order valence-corrected chi connectivity index (χ3v) is 2.67. The Labute approximate surface area is 108 Å². The number of carbonyl (C=O) groups excluding carboxylic acids is 1. The Morgan fingerprint density at radius 3 is 2.50 bits per heavy atom. The molecule has 1 aromatic carbocycles. The molecule has 5 nitrogen and oxygen atoms in total. The number of hydrogen-bond acceptors (Lipinski definition) is 4. The van der Waals surface area contributed by atoms with Crippen molar-refractivity contribution >= 4 is 17.3 Å². The number of aliphatic hydroxyl groups is 1. The topological polar surface area (TPSA) is 78.6 Å². The van der Waals surface area contributed by atoms with E-state index in [2.05, 4.69) is 10.2 Å². The molecule has 1 rings (SSSR count). The molecule has 0 aliphatic heterocycles. The van der Waals surface area contributed by atoms with Gasteiger partial charge in [0.2, 0.25) is 5.91 Å². The zero-order chi connectivity index (χ0) is 13.5. The zero-order valence-corrected chi connectivity index (χ0v) is 10.9. The second kappa shape index (κ2) is 6.98. The second-order valence-corrected chi connectivity index (χ2v) is 4.13. The number of nitrogens with two attached hydrogens (primary N) is 1. The summed E-state index contributed by atoms with van der Waals surface area (Å²) in [6, 6.07) is 6.96. The number of aliphatic hydroxyl groups excluding tert-OH is 1. The first kappa shape index (κ1) is 14.5. The van der Waals surface area contributed by atoms with Crippen molar-refractivity contribution in [1.29, 1.82) is 0 Å². The number of carbonyl (C=O) groups is 1. The Hall–Kier alpha value is -1.59. The van der Waals surface area contributed by atoms with Crippen molar-refractivity contribution in [2.45, 2.75) is 19.9 Å². The Morgan fingerprint density at radius 1 is 1.44 bits per heavy atom. The number of benzene rings is 1. The molecule has 0 saturated heterocycles. The molecule has 0 bridgehead atoms. The van der Waals surface area contributed by atoms with E-state index in [1.54, 1.807) is 6.92 Å². The third-order valence-electron chi connectivity index (χ3n) is 2.67. The van der Waals surface area contributed by atoms with E-state index in [1.807, 2.05) is 31.2 Å². The average molecular weight is 251 g/mol. The van der Waals surface area contributed by atoms with E-state index < -0.39 is 6.04 Å². The molecule has 100 valence electrons. The number of amides is 1. The van der Waals surface area contributed by atoms with Gasteiger partial charge in [0.15, 0.2) is 0 Å². The molecule has 0 saturated carbocycles. The van der Waals surface area contributed by atoms with E-state index in [1.165, 1.54) is 0 Å². The van der Waals surface area contributed by atoms with Crippen LogP contribution in [0, 0.1) is 0 Å². The van der Waals surface area contributed by atoms with E-state index in [9.17, 15) is 4.79 Å². The van der Waals surface area contributed by atoms with Crippen molar-refractivity contribution in [3.05, 3.63) is 24.3 Å². The molecular weight excluding hydrogens is 230 g/mol. The number of anilines is 2. The Bertz CT molecular complexity index is 376. The van der Waals surface area contributed by atoms with Crippen LogP contribution in [0.3, 0.4) is 0 Å². The van der Waals surface area contributed by atoms with Gasteiger partial charge in [-0.05, 0) is 38.1 Å². The maximum atomic E-state index is 11.4. The monoisotopic (exact) mass is 251 g/mol. The van der Waals surface area contributed by atoms with E-state index in [0.29, 0.717) is 6.54 Å². The molecule has 0 aliphatic rings. The summed E-state index contributed by atoms with van der Waals surface area (Å²) in [6.45, 7) is 5.22. The second-order valence-electron chi connectivity index (χ2n) is 4.13. The maximum Gasteiger partial charge on any atom is 0.240 e. The van der Waals surface area contributed by atoms with Crippen molar-refractivity contribution < 1.29 is 9.90 Å². The molecule has 1 amide bonds. The summed E-state index contributed by atoms with van der Waals surface area (Å²) in [4.78, 5) is 13.5. The normalized spacial score (nSPS) is 12.0. The van der Waals surface area contributed by atoms with Crippen LogP contribution in [0.15, 0.2) is 24.3 Å². The molecule has 1 atom stereocenters. The van der Waals surface area contributed by atoms with Crippen LogP contribution in [0.1, 0.15) is 13.8 Å². The van der Waals surface area contributed by atoms with Crippen LogP contribution in [0.5, 0.6) is 0 Å². The molecule has 0 spiro atoms. The van der Waals surface area contributed by atoms with Crippen molar-refractivity contribution in [3.63, 3.8) is 0 Å². The predicted molar refractivity (Wildman–Crippen MR) is 73.7 cm³/mol. The summed E-state index contributed by atoms with van der Waals surface area (Å²) in [7, 11) is 0. The Kier molecular flexibility index (Phi) is 5.61. The molecular formula is C13H21N3O2. The lowest BCUT2D eigenvalue weighted by atomic mass is 10.2. The number of hydrogen-bond donors (Lipinski definition) is 3. The minimum absolute atomic E-state index is 0.122. The van der Waals surface area contributed by atoms with Crippen molar-refractivity contribution in [2.75, 3.05) is 29.9 Å². The number of rotatable bonds is 6. The minimum Gasteiger partial charge on any atom is -0.395 e. The summed E-state index contributed by atoms with van der Waals surface area (Å²) in [6.07, 6.45) is 0. The first-order valence-corrected chi connectivity index (χ1v) is 6.10. The average Bonchev–Trinajstić information content (AvgIpc) is 2.37. The standard InChI is InChI=1S/C13H21N3O2/c1-3-16(8-9-17)12-6-4-11(5-7-12)15-13(18)10(2)14/h4-7,10,17H,3,8-9,14H2,1-2H3,(H,15,18)/t10-/m1/s1. The summed E-state index contributed by atoms with van der Waals surface area (Å²) in [5.74, 6) is -0.203. The fraction of sp³-hybridized carbons (Fsp3) is 0.462. The third kappa shape index (κ3) is 4.01. The van der Waals surface area contributed by atoms with Crippen molar-refractivity contribution in [1.82, 2.24) is 0 Å². The van der Waals surface area contributed by atoms with Crippen LogP contribution < -0.4 is 16.0 Å². The molecule has 0 aliphatic carbocycles. The van der Waals surface area contributed by atoms with Crippen LogP contribution in [0.2, 0.25) is 0 Å². The van der Waals surface area contributed by atoms with Gasteiger partial charge in [0.1, 0.15) is 0 Å². The molecule has 18 heavy (non-hydrogen) atoms.